The van der Waals surface area contributed by atoms with Crippen molar-refractivity contribution in [2.75, 3.05) is 7.11 Å². The first kappa shape index (κ1) is 9.54. The molecule has 0 aliphatic heterocycles. The zero-order chi connectivity index (χ0) is 8.81. The van der Waals surface area contributed by atoms with Crippen LogP contribution in [-0.4, -0.2) is 13.2 Å². The Morgan fingerprint density at radius 1 is 1.42 bits per heavy atom. The molecule has 0 bridgehead atoms. The minimum absolute atomic E-state index is 0.423. The van der Waals surface area contributed by atoms with Gasteiger partial charge >= 0.3 is 0 Å². The van der Waals surface area contributed by atoms with Crippen LogP contribution < -0.4 is 0 Å². The number of hydrogen-bond donors (Lipinski definition) is 0. The van der Waals surface area contributed by atoms with Gasteiger partial charge in [-0.2, -0.15) is 5.26 Å². The lowest BCUT2D eigenvalue weighted by Crippen LogP contribution is -2.26. The Kier molecular flexibility index (Phi) is 4.10. The zero-order valence-corrected chi connectivity index (χ0v) is 7.75. The van der Waals surface area contributed by atoms with Gasteiger partial charge in [0.15, 0.2) is 0 Å². The third-order valence-electron chi connectivity index (χ3n) is 2.77. The van der Waals surface area contributed by atoms with E-state index < -0.39 is 0 Å². The molecule has 0 aromatic carbocycles. The lowest BCUT2D eigenvalue weighted by Gasteiger charge is -2.29. The minimum Gasteiger partial charge on any atom is -0.381 e. The highest BCUT2D eigenvalue weighted by atomic mass is 16.5. The molecule has 1 aliphatic carbocycles. The van der Waals surface area contributed by atoms with Crippen molar-refractivity contribution in [1.29, 1.82) is 5.26 Å². The highest BCUT2D eigenvalue weighted by molar-refractivity contribution is 4.79. The van der Waals surface area contributed by atoms with Gasteiger partial charge in [-0.1, -0.05) is 12.8 Å². The van der Waals surface area contributed by atoms with Crippen molar-refractivity contribution in [2.24, 2.45) is 5.92 Å². The lowest BCUT2D eigenvalue weighted by molar-refractivity contribution is 0.0210. The van der Waals surface area contributed by atoms with E-state index in [2.05, 4.69) is 6.07 Å². The van der Waals surface area contributed by atoms with Crippen molar-refractivity contribution in [3.63, 3.8) is 0 Å². The van der Waals surface area contributed by atoms with Crippen molar-refractivity contribution in [1.82, 2.24) is 0 Å². The first-order chi connectivity index (χ1) is 5.88. The van der Waals surface area contributed by atoms with E-state index in [1.54, 1.807) is 7.11 Å². The summed E-state index contributed by atoms with van der Waals surface area (Å²) >= 11 is 0. The van der Waals surface area contributed by atoms with E-state index in [0.717, 1.165) is 6.42 Å². The second kappa shape index (κ2) is 5.16. The molecule has 1 rings (SSSR count). The molecule has 0 radical (unpaired) electrons. The first-order valence-electron chi connectivity index (χ1n) is 4.78. The number of nitriles is 1. The summed E-state index contributed by atoms with van der Waals surface area (Å²) in [6.45, 7) is 0. The second-order valence-corrected chi connectivity index (χ2v) is 3.52. The summed E-state index contributed by atoms with van der Waals surface area (Å²) in [6.07, 6.45) is 7.18. The van der Waals surface area contributed by atoms with Crippen LogP contribution in [0.3, 0.4) is 0 Å². The van der Waals surface area contributed by atoms with Gasteiger partial charge in [0, 0.05) is 13.5 Å². The van der Waals surface area contributed by atoms with Crippen molar-refractivity contribution in [3.8, 4) is 6.07 Å². The van der Waals surface area contributed by atoms with Crippen molar-refractivity contribution >= 4 is 0 Å². The van der Waals surface area contributed by atoms with Crippen LogP contribution in [0.15, 0.2) is 0 Å². The topological polar surface area (TPSA) is 33.0 Å². The molecule has 68 valence electrons. The largest absolute Gasteiger partial charge is 0.381 e. The molecule has 0 spiro atoms. The smallest absolute Gasteiger partial charge is 0.0621 e. The quantitative estimate of drug-likeness (QED) is 0.647. The summed E-state index contributed by atoms with van der Waals surface area (Å²) in [5, 5.41) is 8.47. The van der Waals surface area contributed by atoms with Gasteiger partial charge in [0.05, 0.1) is 12.2 Å². The van der Waals surface area contributed by atoms with Gasteiger partial charge in [0.1, 0.15) is 0 Å². The molecule has 2 atom stereocenters. The fourth-order valence-electron chi connectivity index (χ4n) is 2.06. The molecule has 0 heterocycles. The van der Waals surface area contributed by atoms with E-state index in [1.165, 1.54) is 25.7 Å². The molecular formula is C10H17NO. The summed E-state index contributed by atoms with van der Waals surface area (Å²) in [5.41, 5.74) is 0. The number of nitrogens with zero attached hydrogens (tertiary/aromatic N) is 1. The van der Waals surface area contributed by atoms with Gasteiger partial charge in [0.25, 0.3) is 0 Å². The Labute approximate surface area is 74.5 Å². The molecule has 0 amide bonds. The maximum Gasteiger partial charge on any atom is 0.0621 e. The third-order valence-corrected chi connectivity index (χ3v) is 2.77. The fourth-order valence-corrected chi connectivity index (χ4v) is 2.06. The summed E-state index contributed by atoms with van der Waals surface area (Å²) in [6, 6.07) is 2.20. The SMILES string of the molecule is CO[C@@H]1CCCC[C@H]1CCC#N. The molecule has 0 unspecified atom stereocenters. The van der Waals surface area contributed by atoms with Gasteiger partial charge in [-0.3, -0.25) is 0 Å². The highest BCUT2D eigenvalue weighted by Gasteiger charge is 2.23. The van der Waals surface area contributed by atoms with Crippen molar-refractivity contribution < 1.29 is 4.74 Å². The van der Waals surface area contributed by atoms with Gasteiger partial charge in [-0.25, -0.2) is 0 Å². The Balaban J connectivity index is 2.32. The highest BCUT2D eigenvalue weighted by Crippen LogP contribution is 2.29. The molecule has 2 nitrogen and oxygen atoms in total. The van der Waals surface area contributed by atoms with Crippen molar-refractivity contribution in [2.45, 2.75) is 44.6 Å². The van der Waals surface area contributed by atoms with Crippen LogP contribution in [-0.2, 0) is 4.74 Å². The molecule has 0 aromatic heterocycles. The molecule has 0 N–H and O–H groups in total. The third kappa shape index (κ3) is 2.49. The Hall–Kier alpha value is -0.550. The van der Waals surface area contributed by atoms with E-state index in [9.17, 15) is 0 Å². The summed E-state index contributed by atoms with van der Waals surface area (Å²) in [7, 11) is 1.79. The van der Waals surface area contributed by atoms with Crippen molar-refractivity contribution in [3.05, 3.63) is 0 Å². The maximum absolute atomic E-state index is 8.47. The summed E-state index contributed by atoms with van der Waals surface area (Å²) in [5.74, 6) is 0.642. The molecular weight excluding hydrogens is 150 g/mol. The van der Waals surface area contributed by atoms with Crippen LogP contribution in [0.4, 0.5) is 0 Å². The predicted molar refractivity (Wildman–Crippen MR) is 47.6 cm³/mol. The number of ether oxygens (including phenoxy) is 1. The molecule has 1 saturated carbocycles. The van der Waals surface area contributed by atoms with E-state index in [0.29, 0.717) is 18.4 Å². The van der Waals surface area contributed by atoms with E-state index in [-0.39, 0.29) is 0 Å². The minimum atomic E-state index is 0.423. The van der Waals surface area contributed by atoms with Crippen LogP contribution in [0.5, 0.6) is 0 Å². The molecule has 1 fully saturated rings. The molecule has 0 saturated heterocycles. The van der Waals surface area contributed by atoms with Crippen LogP contribution in [0.2, 0.25) is 0 Å². The van der Waals surface area contributed by atoms with Crippen LogP contribution in [0, 0.1) is 17.2 Å². The van der Waals surface area contributed by atoms with Crippen LogP contribution in [0.25, 0.3) is 0 Å². The number of rotatable bonds is 3. The number of methoxy groups -OCH3 is 1. The van der Waals surface area contributed by atoms with Gasteiger partial charge in [0.2, 0.25) is 0 Å². The molecule has 0 aromatic rings. The summed E-state index contributed by atoms with van der Waals surface area (Å²) in [4.78, 5) is 0. The molecule has 2 heteroatoms. The van der Waals surface area contributed by atoms with Crippen LogP contribution >= 0.6 is 0 Å². The molecule has 1 aliphatic rings. The van der Waals surface area contributed by atoms with Gasteiger partial charge < -0.3 is 4.74 Å². The lowest BCUT2D eigenvalue weighted by atomic mass is 9.83. The second-order valence-electron chi connectivity index (χ2n) is 3.52. The van der Waals surface area contributed by atoms with Gasteiger partial charge in [-0.05, 0) is 25.2 Å². The van der Waals surface area contributed by atoms with Gasteiger partial charge in [-0.15, -0.1) is 0 Å². The summed E-state index contributed by atoms with van der Waals surface area (Å²) < 4.78 is 5.39. The number of hydrogen-bond acceptors (Lipinski definition) is 2. The van der Waals surface area contributed by atoms with E-state index in [4.69, 9.17) is 10.00 Å². The Morgan fingerprint density at radius 2 is 2.17 bits per heavy atom. The predicted octanol–water partition coefficient (Wildman–Crippen LogP) is 2.50. The molecule has 12 heavy (non-hydrogen) atoms. The normalized spacial score (nSPS) is 29.7. The van der Waals surface area contributed by atoms with E-state index >= 15 is 0 Å². The average molecular weight is 167 g/mol. The standard InChI is InChI=1S/C10H17NO/c1-12-10-7-3-2-5-9(10)6-4-8-11/h9-10H,2-7H2,1H3/t9-,10+/m0/s1. The first-order valence-corrected chi connectivity index (χ1v) is 4.78. The fraction of sp³-hybridized carbons (Fsp3) is 0.900. The zero-order valence-electron chi connectivity index (χ0n) is 7.75. The Morgan fingerprint density at radius 3 is 2.83 bits per heavy atom. The maximum atomic E-state index is 8.47. The van der Waals surface area contributed by atoms with Crippen LogP contribution in [0.1, 0.15) is 38.5 Å². The average Bonchev–Trinajstić information content (AvgIpc) is 2.15. The van der Waals surface area contributed by atoms with E-state index in [1.807, 2.05) is 0 Å². The Bertz CT molecular complexity index is 162. The monoisotopic (exact) mass is 167 g/mol.